The van der Waals surface area contributed by atoms with Gasteiger partial charge in [0.15, 0.2) is 0 Å². The Hall–Kier alpha value is -3.15. The molecular weight excluding hydrogens is 330 g/mol. The topological polar surface area (TPSA) is 78.5 Å². The average Bonchev–Trinajstić information content (AvgIpc) is 3.07. The molecule has 2 aromatic carbocycles. The SMILES string of the molecule is O=C1CCc2cc(C(=O)Nc3ccccc3N3CCCC3=O)ccc2N1. The fourth-order valence-corrected chi connectivity index (χ4v) is 3.44. The maximum atomic E-state index is 12.7. The minimum Gasteiger partial charge on any atom is -0.326 e. The zero-order chi connectivity index (χ0) is 18.1. The first-order valence-corrected chi connectivity index (χ1v) is 8.75. The van der Waals surface area contributed by atoms with Crippen LogP contribution in [0, 0.1) is 0 Å². The Kier molecular flexibility index (Phi) is 4.16. The van der Waals surface area contributed by atoms with E-state index < -0.39 is 0 Å². The number of amides is 3. The first-order valence-electron chi connectivity index (χ1n) is 8.75. The summed E-state index contributed by atoms with van der Waals surface area (Å²) in [5.74, 6) is -0.154. The summed E-state index contributed by atoms with van der Waals surface area (Å²) in [5.41, 5.74) is 3.61. The number of anilines is 3. The Balaban J connectivity index is 1.58. The third kappa shape index (κ3) is 3.06. The predicted molar refractivity (Wildman–Crippen MR) is 99.4 cm³/mol. The van der Waals surface area contributed by atoms with Crippen LogP contribution in [0.5, 0.6) is 0 Å². The highest BCUT2D eigenvalue weighted by molar-refractivity contribution is 6.08. The molecule has 0 saturated carbocycles. The van der Waals surface area contributed by atoms with Gasteiger partial charge in [-0.2, -0.15) is 0 Å². The fourth-order valence-electron chi connectivity index (χ4n) is 3.44. The van der Waals surface area contributed by atoms with Gasteiger partial charge in [0.2, 0.25) is 11.8 Å². The number of carbonyl (C=O) groups excluding carboxylic acids is 3. The van der Waals surface area contributed by atoms with Crippen LogP contribution in [0.15, 0.2) is 42.5 Å². The molecule has 1 saturated heterocycles. The van der Waals surface area contributed by atoms with Gasteiger partial charge in [-0.1, -0.05) is 12.1 Å². The lowest BCUT2D eigenvalue weighted by atomic mass is 10.00. The molecule has 0 aliphatic carbocycles. The van der Waals surface area contributed by atoms with Gasteiger partial charge in [-0.25, -0.2) is 0 Å². The van der Waals surface area contributed by atoms with Gasteiger partial charge in [-0.15, -0.1) is 0 Å². The van der Waals surface area contributed by atoms with Crippen molar-refractivity contribution < 1.29 is 14.4 Å². The summed E-state index contributed by atoms with van der Waals surface area (Å²) >= 11 is 0. The molecule has 4 rings (SSSR count). The number of carbonyl (C=O) groups is 3. The molecule has 26 heavy (non-hydrogen) atoms. The molecule has 0 bridgehead atoms. The maximum Gasteiger partial charge on any atom is 0.255 e. The highest BCUT2D eigenvalue weighted by atomic mass is 16.2. The van der Waals surface area contributed by atoms with E-state index in [1.807, 2.05) is 24.3 Å². The Bertz CT molecular complexity index is 907. The normalized spacial score (nSPS) is 16.2. The van der Waals surface area contributed by atoms with Crippen molar-refractivity contribution >= 4 is 34.8 Å². The van der Waals surface area contributed by atoms with Crippen molar-refractivity contribution in [2.45, 2.75) is 25.7 Å². The molecule has 0 atom stereocenters. The maximum absolute atomic E-state index is 12.7. The molecule has 2 N–H and O–H groups in total. The van der Waals surface area contributed by atoms with Gasteiger partial charge in [-0.3, -0.25) is 14.4 Å². The van der Waals surface area contributed by atoms with Crippen molar-refractivity contribution in [3.63, 3.8) is 0 Å². The van der Waals surface area contributed by atoms with Gasteiger partial charge in [-0.05, 0) is 48.7 Å². The third-order valence-corrected chi connectivity index (χ3v) is 4.78. The van der Waals surface area contributed by atoms with E-state index in [0.29, 0.717) is 37.1 Å². The molecular formula is C20H19N3O3. The highest BCUT2D eigenvalue weighted by Crippen LogP contribution is 2.30. The second-order valence-electron chi connectivity index (χ2n) is 6.54. The zero-order valence-corrected chi connectivity index (χ0v) is 14.2. The molecule has 132 valence electrons. The van der Waals surface area contributed by atoms with Gasteiger partial charge < -0.3 is 15.5 Å². The fraction of sp³-hybridized carbons (Fsp3) is 0.250. The molecule has 3 amide bonds. The third-order valence-electron chi connectivity index (χ3n) is 4.78. The molecule has 0 spiro atoms. The van der Waals surface area contributed by atoms with E-state index in [-0.39, 0.29) is 17.7 Å². The smallest absolute Gasteiger partial charge is 0.255 e. The van der Waals surface area contributed by atoms with Crippen LogP contribution >= 0.6 is 0 Å². The van der Waals surface area contributed by atoms with Crippen molar-refractivity contribution in [2.24, 2.45) is 0 Å². The van der Waals surface area contributed by atoms with Crippen molar-refractivity contribution in [1.29, 1.82) is 0 Å². The molecule has 2 aliphatic heterocycles. The van der Waals surface area contributed by atoms with Crippen LogP contribution in [0.25, 0.3) is 0 Å². The molecule has 0 aromatic heterocycles. The van der Waals surface area contributed by atoms with Gasteiger partial charge in [0.1, 0.15) is 0 Å². The minimum absolute atomic E-state index is 0.00101. The summed E-state index contributed by atoms with van der Waals surface area (Å²) in [6, 6.07) is 12.6. The van der Waals surface area contributed by atoms with Crippen molar-refractivity contribution in [3.05, 3.63) is 53.6 Å². The number of nitrogens with one attached hydrogen (secondary N) is 2. The van der Waals surface area contributed by atoms with E-state index in [0.717, 1.165) is 23.4 Å². The lowest BCUT2D eigenvalue weighted by Gasteiger charge is -2.20. The number of para-hydroxylation sites is 2. The molecule has 2 aromatic rings. The van der Waals surface area contributed by atoms with E-state index in [1.54, 1.807) is 23.1 Å². The monoisotopic (exact) mass is 349 g/mol. The summed E-state index contributed by atoms with van der Waals surface area (Å²) in [6.07, 6.45) is 2.43. The number of rotatable bonds is 3. The molecule has 1 fully saturated rings. The van der Waals surface area contributed by atoms with Crippen molar-refractivity contribution in [3.8, 4) is 0 Å². The summed E-state index contributed by atoms with van der Waals surface area (Å²) < 4.78 is 0. The lowest BCUT2D eigenvalue weighted by molar-refractivity contribution is -0.117. The van der Waals surface area contributed by atoms with Gasteiger partial charge in [0.05, 0.1) is 11.4 Å². The first-order chi connectivity index (χ1) is 12.6. The van der Waals surface area contributed by atoms with E-state index in [4.69, 9.17) is 0 Å². The van der Waals surface area contributed by atoms with Gasteiger partial charge >= 0.3 is 0 Å². The number of aryl methyl sites for hydroxylation is 1. The van der Waals surface area contributed by atoms with E-state index in [9.17, 15) is 14.4 Å². The summed E-state index contributed by atoms with van der Waals surface area (Å²) in [7, 11) is 0. The lowest BCUT2D eigenvalue weighted by Crippen LogP contribution is -2.25. The summed E-state index contributed by atoms with van der Waals surface area (Å²) in [5, 5.41) is 5.73. The van der Waals surface area contributed by atoms with Crippen LogP contribution in [0.4, 0.5) is 17.1 Å². The molecule has 2 heterocycles. The molecule has 2 aliphatic rings. The minimum atomic E-state index is -0.233. The Morgan fingerprint density at radius 1 is 1.04 bits per heavy atom. The quantitative estimate of drug-likeness (QED) is 0.894. The van der Waals surface area contributed by atoms with Crippen LogP contribution in [0.2, 0.25) is 0 Å². The number of hydrogen-bond donors (Lipinski definition) is 2. The van der Waals surface area contributed by atoms with Crippen molar-refractivity contribution in [1.82, 2.24) is 0 Å². The number of benzene rings is 2. The molecule has 6 heteroatoms. The number of nitrogens with zero attached hydrogens (tertiary/aromatic N) is 1. The van der Waals surface area contributed by atoms with Crippen LogP contribution in [0.3, 0.4) is 0 Å². The van der Waals surface area contributed by atoms with Crippen LogP contribution in [-0.4, -0.2) is 24.3 Å². The molecule has 0 unspecified atom stereocenters. The van der Waals surface area contributed by atoms with Crippen LogP contribution < -0.4 is 15.5 Å². The van der Waals surface area contributed by atoms with E-state index in [1.165, 1.54) is 0 Å². The van der Waals surface area contributed by atoms with Crippen LogP contribution in [-0.2, 0) is 16.0 Å². The number of hydrogen-bond acceptors (Lipinski definition) is 3. The van der Waals surface area contributed by atoms with E-state index >= 15 is 0 Å². The number of fused-ring (bicyclic) bond motifs is 1. The Labute approximate surface area is 151 Å². The summed E-state index contributed by atoms with van der Waals surface area (Å²) in [4.78, 5) is 37.9. The first kappa shape index (κ1) is 16.3. The predicted octanol–water partition coefficient (Wildman–Crippen LogP) is 2.95. The van der Waals surface area contributed by atoms with Crippen LogP contribution in [0.1, 0.15) is 35.2 Å². The van der Waals surface area contributed by atoms with Crippen molar-refractivity contribution in [2.75, 3.05) is 22.1 Å². The largest absolute Gasteiger partial charge is 0.326 e. The van der Waals surface area contributed by atoms with Gasteiger partial charge in [0, 0.05) is 30.6 Å². The zero-order valence-electron chi connectivity index (χ0n) is 14.2. The molecule has 0 radical (unpaired) electrons. The van der Waals surface area contributed by atoms with E-state index in [2.05, 4.69) is 10.6 Å². The summed E-state index contributed by atoms with van der Waals surface area (Å²) in [6.45, 7) is 0.671. The Morgan fingerprint density at radius 2 is 1.88 bits per heavy atom. The second-order valence-corrected chi connectivity index (χ2v) is 6.54. The second kappa shape index (κ2) is 6.63. The highest BCUT2D eigenvalue weighted by Gasteiger charge is 2.24. The Morgan fingerprint density at radius 3 is 2.69 bits per heavy atom. The molecule has 6 nitrogen and oxygen atoms in total. The standard InChI is InChI=1S/C20H19N3O3/c24-18-10-8-13-12-14(7-9-15(13)21-18)20(26)22-16-4-1-2-5-17(16)23-11-3-6-19(23)25/h1-2,4-5,7,9,12H,3,6,8,10-11H2,(H,21,24)(H,22,26). The van der Waals surface area contributed by atoms with Gasteiger partial charge in [0.25, 0.3) is 5.91 Å². The average molecular weight is 349 g/mol.